The van der Waals surface area contributed by atoms with E-state index in [0.29, 0.717) is 25.7 Å². The van der Waals surface area contributed by atoms with Gasteiger partial charge in [0.2, 0.25) is 0 Å². The Balaban J connectivity index is 4.79. The quantitative estimate of drug-likeness (QED) is 0.0197. The fraction of sp³-hybridized carbons (Fsp3) is 0.691. The molecule has 0 aromatic rings. The molecule has 2 N–H and O–H groups in total. The Bertz CT molecular complexity index is 1760. The second-order valence-electron chi connectivity index (χ2n) is 20.8. The van der Waals surface area contributed by atoms with Crippen molar-refractivity contribution in [3.05, 3.63) is 109 Å². The van der Waals surface area contributed by atoms with Gasteiger partial charge in [-0.1, -0.05) is 259 Å². The first-order valence-corrected chi connectivity index (χ1v) is 33.3. The summed E-state index contributed by atoms with van der Waals surface area (Å²) >= 11 is 0. The summed E-state index contributed by atoms with van der Waals surface area (Å²) in [5.74, 6) is -1.55. The Hall–Kier alpha value is -3.86. The number of hydrogen-bond donors (Lipinski definition) is 2. The maximum absolute atomic E-state index is 12.9. The van der Waals surface area contributed by atoms with Crippen molar-refractivity contribution in [2.75, 3.05) is 26.4 Å². The average molecular weight is 1140 g/mol. The molecule has 458 valence electrons. The normalized spacial score (nSPS) is 14.0. The number of rotatable bonds is 58. The average Bonchev–Trinajstić information content (AvgIpc) is 3.45. The zero-order valence-electron chi connectivity index (χ0n) is 50.8. The van der Waals surface area contributed by atoms with Gasteiger partial charge in [0, 0.05) is 19.3 Å². The molecular formula is C68H115O11P. The summed E-state index contributed by atoms with van der Waals surface area (Å²) in [5.41, 5.74) is 0. The predicted molar refractivity (Wildman–Crippen MR) is 334 cm³/mol. The van der Waals surface area contributed by atoms with Gasteiger partial charge in [0.05, 0.1) is 19.8 Å². The Kier molecular flexibility index (Phi) is 58.3. The van der Waals surface area contributed by atoms with Crippen molar-refractivity contribution in [2.45, 2.75) is 277 Å². The maximum atomic E-state index is 12.9. The van der Waals surface area contributed by atoms with E-state index in [1.807, 2.05) is 12.2 Å². The van der Waals surface area contributed by atoms with Crippen LogP contribution in [-0.4, -0.2) is 66.5 Å². The van der Waals surface area contributed by atoms with Crippen LogP contribution in [0.25, 0.3) is 0 Å². The molecular weight excluding hydrogens is 1020 g/mol. The molecule has 80 heavy (non-hydrogen) atoms. The van der Waals surface area contributed by atoms with Crippen LogP contribution in [0.5, 0.6) is 0 Å². The number of aliphatic hydroxyl groups excluding tert-OH is 1. The van der Waals surface area contributed by atoms with Crippen LogP contribution in [0, 0.1) is 0 Å². The number of allylic oxidation sites excluding steroid dienone is 18. The van der Waals surface area contributed by atoms with Crippen LogP contribution in [-0.2, 0) is 42.2 Å². The van der Waals surface area contributed by atoms with E-state index in [9.17, 15) is 28.9 Å². The molecule has 3 atom stereocenters. The maximum Gasteiger partial charge on any atom is 0.472 e. The highest BCUT2D eigenvalue weighted by Crippen LogP contribution is 2.43. The second kappa shape index (κ2) is 61.2. The highest BCUT2D eigenvalue weighted by molar-refractivity contribution is 7.47. The summed E-state index contributed by atoms with van der Waals surface area (Å²) in [6.07, 6.45) is 74.8. The molecule has 0 rings (SSSR count). The third kappa shape index (κ3) is 58.8. The number of esters is 3. The molecule has 0 heterocycles. The van der Waals surface area contributed by atoms with E-state index >= 15 is 0 Å². The van der Waals surface area contributed by atoms with E-state index in [4.69, 9.17) is 23.3 Å². The third-order valence-corrected chi connectivity index (χ3v) is 14.1. The van der Waals surface area contributed by atoms with E-state index < -0.39 is 57.8 Å². The standard InChI is InChI=1S/C68H115O11P/c1-4-7-10-13-16-19-22-25-28-31-32-35-36-39-42-45-48-51-54-57-66(70)75-61-65(79-68(72)59-56-53-50-47-44-41-38-34-30-27-24-21-18-15-12-9-6-3)63-77-80(73,74)76-62-64(60-69)78-67(71)58-55-52-49-46-43-40-37-33-29-26-23-20-17-14-11-8-5-2/h7,9-10,12,16,18-19,21,25,27-28,30,32,35,38,41,47,50,64-65,69H,4-6,8,11,13-15,17,20,22-24,26,29,31,33-34,36-37,39-40,42-46,48-49,51-63H2,1-3H3,(H,73,74)/b10-7-,12-9-,19-16-,21-18-,28-25-,30-27-,35-32-,41-38-,50-47-. The van der Waals surface area contributed by atoms with Crippen molar-refractivity contribution in [1.82, 2.24) is 0 Å². The van der Waals surface area contributed by atoms with E-state index in [-0.39, 0.29) is 25.9 Å². The smallest absolute Gasteiger partial charge is 0.462 e. The summed E-state index contributed by atoms with van der Waals surface area (Å²) in [6, 6.07) is 0. The Morgan fingerprint density at radius 2 is 0.662 bits per heavy atom. The summed E-state index contributed by atoms with van der Waals surface area (Å²) in [6.45, 7) is 4.37. The first-order chi connectivity index (χ1) is 39.2. The van der Waals surface area contributed by atoms with Gasteiger partial charge in [-0.15, -0.1) is 0 Å². The minimum absolute atomic E-state index is 0.0819. The van der Waals surface area contributed by atoms with Crippen molar-refractivity contribution in [3.8, 4) is 0 Å². The van der Waals surface area contributed by atoms with E-state index in [2.05, 4.69) is 118 Å². The SMILES string of the molecule is CC/C=C\C/C=C\C/C=C\C/C=C\C/C=C\CCCC(=O)OC(COC(=O)CCCCCCCC/C=C\C/C=C\C/C=C\C/C=C\CC)COP(=O)(O)OCC(CO)OC(=O)CCCCCCCCCCCCCCCCCCC. The topological polar surface area (TPSA) is 155 Å². The predicted octanol–water partition coefficient (Wildman–Crippen LogP) is 19.4. The molecule has 0 saturated heterocycles. The van der Waals surface area contributed by atoms with Gasteiger partial charge in [-0.3, -0.25) is 23.4 Å². The molecule has 0 fully saturated rings. The Morgan fingerprint density at radius 3 is 1.05 bits per heavy atom. The van der Waals surface area contributed by atoms with E-state index in [1.165, 1.54) is 83.5 Å². The zero-order valence-corrected chi connectivity index (χ0v) is 51.7. The van der Waals surface area contributed by atoms with Gasteiger partial charge in [-0.25, -0.2) is 4.57 Å². The van der Waals surface area contributed by atoms with Crippen LogP contribution in [0.4, 0.5) is 0 Å². The molecule has 11 nitrogen and oxygen atoms in total. The Morgan fingerprint density at radius 1 is 0.362 bits per heavy atom. The molecule has 0 saturated carbocycles. The number of hydrogen-bond acceptors (Lipinski definition) is 10. The van der Waals surface area contributed by atoms with E-state index in [1.54, 1.807) is 0 Å². The van der Waals surface area contributed by atoms with Crippen LogP contribution >= 0.6 is 7.82 Å². The van der Waals surface area contributed by atoms with Crippen LogP contribution in [0.15, 0.2) is 109 Å². The summed E-state index contributed by atoms with van der Waals surface area (Å²) < 4.78 is 39.6. The summed E-state index contributed by atoms with van der Waals surface area (Å²) in [4.78, 5) is 48.7. The molecule has 0 amide bonds. The number of aliphatic hydroxyl groups is 1. The fourth-order valence-corrected chi connectivity index (χ4v) is 9.23. The number of carbonyl (C=O) groups is 3. The molecule has 0 aromatic carbocycles. The highest BCUT2D eigenvalue weighted by atomic mass is 31.2. The number of unbranched alkanes of at least 4 members (excludes halogenated alkanes) is 23. The molecule has 3 unspecified atom stereocenters. The molecule has 0 aliphatic rings. The molecule has 0 aliphatic heterocycles. The number of phosphoric acid groups is 1. The van der Waals surface area contributed by atoms with Crippen LogP contribution in [0.2, 0.25) is 0 Å². The highest BCUT2D eigenvalue weighted by Gasteiger charge is 2.28. The number of carbonyl (C=O) groups excluding carboxylic acids is 3. The van der Waals surface area contributed by atoms with Crippen molar-refractivity contribution in [1.29, 1.82) is 0 Å². The van der Waals surface area contributed by atoms with Crippen molar-refractivity contribution in [3.63, 3.8) is 0 Å². The Labute approximate surface area is 488 Å². The van der Waals surface area contributed by atoms with Crippen LogP contribution in [0.3, 0.4) is 0 Å². The fourth-order valence-electron chi connectivity index (χ4n) is 8.44. The summed E-state index contributed by atoms with van der Waals surface area (Å²) in [5, 5.41) is 9.85. The van der Waals surface area contributed by atoms with Gasteiger partial charge in [-0.2, -0.15) is 0 Å². The van der Waals surface area contributed by atoms with Gasteiger partial charge in [0.15, 0.2) is 6.10 Å². The lowest BCUT2D eigenvalue weighted by atomic mass is 10.0. The summed E-state index contributed by atoms with van der Waals surface area (Å²) in [7, 11) is -4.78. The molecule has 0 aliphatic carbocycles. The van der Waals surface area contributed by atoms with Crippen molar-refractivity contribution < 1.29 is 52.2 Å². The van der Waals surface area contributed by atoms with Gasteiger partial charge < -0.3 is 24.2 Å². The molecule has 0 bridgehead atoms. The molecule has 0 aromatic heterocycles. The van der Waals surface area contributed by atoms with Crippen LogP contribution < -0.4 is 0 Å². The minimum atomic E-state index is -4.78. The lowest BCUT2D eigenvalue weighted by molar-refractivity contribution is -0.161. The first kappa shape index (κ1) is 76.1. The molecule has 12 heteroatoms. The van der Waals surface area contributed by atoms with Gasteiger partial charge in [0.25, 0.3) is 0 Å². The van der Waals surface area contributed by atoms with Gasteiger partial charge in [-0.05, 0) is 96.3 Å². The van der Waals surface area contributed by atoms with Gasteiger partial charge >= 0.3 is 25.7 Å². The lowest BCUT2D eigenvalue weighted by Crippen LogP contribution is -2.30. The van der Waals surface area contributed by atoms with E-state index in [0.717, 1.165) is 116 Å². The first-order valence-electron chi connectivity index (χ1n) is 31.8. The molecule has 0 radical (unpaired) electrons. The third-order valence-electron chi connectivity index (χ3n) is 13.2. The lowest BCUT2D eigenvalue weighted by Gasteiger charge is -2.21. The number of ether oxygens (including phenoxy) is 3. The van der Waals surface area contributed by atoms with Crippen LogP contribution in [0.1, 0.15) is 265 Å². The monoisotopic (exact) mass is 1140 g/mol. The minimum Gasteiger partial charge on any atom is -0.462 e. The molecule has 0 spiro atoms. The zero-order chi connectivity index (χ0) is 58.3. The van der Waals surface area contributed by atoms with Crippen molar-refractivity contribution >= 4 is 25.7 Å². The van der Waals surface area contributed by atoms with Gasteiger partial charge in [0.1, 0.15) is 12.7 Å². The largest absolute Gasteiger partial charge is 0.472 e. The number of phosphoric ester groups is 1. The second-order valence-corrected chi connectivity index (χ2v) is 22.3. The van der Waals surface area contributed by atoms with Crippen molar-refractivity contribution in [2.24, 2.45) is 0 Å².